The van der Waals surface area contributed by atoms with Gasteiger partial charge in [0.25, 0.3) is 5.91 Å². The summed E-state index contributed by atoms with van der Waals surface area (Å²) in [5.74, 6) is 0.744. The van der Waals surface area contributed by atoms with Gasteiger partial charge in [-0.15, -0.1) is 11.3 Å². The average molecular weight is 384 g/mol. The van der Waals surface area contributed by atoms with E-state index in [1.165, 1.54) is 11.3 Å². The summed E-state index contributed by atoms with van der Waals surface area (Å²) in [6.45, 7) is 2.46. The molecule has 0 unspecified atom stereocenters. The highest BCUT2D eigenvalue weighted by Gasteiger charge is 2.23. The maximum Gasteiger partial charge on any atom is 0.271 e. The summed E-state index contributed by atoms with van der Waals surface area (Å²) in [7, 11) is 1.63. The molecule has 3 aromatic rings. The predicted molar refractivity (Wildman–Crippen MR) is 103 cm³/mol. The van der Waals surface area contributed by atoms with Crippen LogP contribution in [0.2, 0.25) is 0 Å². The molecule has 1 aliphatic heterocycles. The van der Waals surface area contributed by atoms with Crippen LogP contribution in [0.5, 0.6) is 5.75 Å². The summed E-state index contributed by atoms with van der Waals surface area (Å²) in [4.78, 5) is 33.0. The molecule has 1 fully saturated rings. The second kappa shape index (κ2) is 7.40. The van der Waals surface area contributed by atoms with Gasteiger partial charge in [0.05, 0.1) is 12.8 Å². The van der Waals surface area contributed by atoms with Crippen molar-refractivity contribution in [2.24, 2.45) is 0 Å². The highest BCUT2D eigenvalue weighted by molar-refractivity contribution is 7.15. The van der Waals surface area contributed by atoms with Gasteiger partial charge in [0.1, 0.15) is 11.4 Å². The van der Waals surface area contributed by atoms with Gasteiger partial charge in [-0.05, 0) is 18.6 Å². The topological polar surface area (TPSA) is 67.2 Å². The number of hydrogen-bond acceptors (Lipinski definition) is 5. The Bertz CT molecular complexity index is 980. The van der Waals surface area contributed by atoms with Crippen LogP contribution in [-0.2, 0) is 4.79 Å². The summed E-state index contributed by atoms with van der Waals surface area (Å²) in [5.41, 5.74) is 2.36. The van der Waals surface area contributed by atoms with E-state index in [0.717, 1.165) is 34.8 Å². The standard InChI is InChI=1S/C19H20N4O3S/c1-26-15-5-2-4-14(10-15)16-11-23-17(12-27-19(23)20-16)18(25)22-7-3-6-21(13-24)8-9-22/h2,4-5,10-13H,3,6-9H2,1H3. The molecule has 0 bridgehead atoms. The zero-order chi connectivity index (χ0) is 18.8. The Kier molecular flexibility index (Phi) is 4.81. The number of carbonyl (C=O) groups excluding carboxylic acids is 2. The Labute approximate surface area is 160 Å². The lowest BCUT2D eigenvalue weighted by atomic mass is 10.1. The summed E-state index contributed by atoms with van der Waals surface area (Å²) in [5, 5.41) is 1.85. The molecule has 0 saturated carbocycles. The molecule has 0 aliphatic carbocycles. The lowest BCUT2D eigenvalue weighted by Crippen LogP contribution is -2.35. The first-order chi connectivity index (χ1) is 13.2. The van der Waals surface area contributed by atoms with Crippen LogP contribution in [0.4, 0.5) is 0 Å². The molecule has 27 heavy (non-hydrogen) atoms. The summed E-state index contributed by atoms with van der Waals surface area (Å²) in [6.07, 6.45) is 3.53. The van der Waals surface area contributed by atoms with Crippen LogP contribution in [0.15, 0.2) is 35.8 Å². The molecule has 4 rings (SSSR count). The van der Waals surface area contributed by atoms with E-state index in [-0.39, 0.29) is 5.91 Å². The number of nitrogens with zero attached hydrogens (tertiary/aromatic N) is 4. The first-order valence-electron chi connectivity index (χ1n) is 8.79. The Hall–Kier alpha value is -2.87. The number of ether oxygens (including phenoxy) is 1. The molecule has 0 spiro atoms. The van der Waals surface area contributed by atoms with Crippen molar-refractivity contribution < 1.29 is 14.3 Å². The van der Waals surface area contributed by atoms with E-state index in [4.69, 9.17) is 4.74 Å². The van der Waals surface area contributed by atoms with Crippen LogP contribution in [-0.4, -0.2) is 64.8 Å². The number of thiazole rings is 1. The van der Waals surface area contributed by atoms with Crippen LogP contribution in [0.25, 0.3) is 16.2 Å². The predicted octanol–water partition coefficient (Wildman–Crippen LogP) is 2.38. The fraction of sp³-hybridized carbons (Fsp3) is 0.316. The molecule has 2 amide bonds. The van der Waals surface area contributed by atoms with Gasteiger partial charge < -0.3 is 14.5 Å². The van der Waals surface area contributed by atoms with E-state index in [1.54, 1.807) is 12.0 Å². The van der Waals surface area contributed by atoms with Crippen molar-refractivity contribution in [1.82, 2.24) is 19.2 Å². The average Bonchev–Trinajstić information content (AvgIpc) is 3.20. The van der Waals surface area contributed by atoms with Gasteiger partial charge >= 0.3 is 0 Å². The van der Waals surface area contributed by atoms with Gasteiger partial charge in [-0.2, -0.15) is 0 Å². The summed E-state index contributed by atoms with van der Waals surface area (Å²) < 4.78 is 7.13. The molecular formula is C19H20N4O3S. The van der Waals surface area contributed by atoms with Crippen LogP contribution >= 0.6 is 11.3 Å². The number of fused-ring (bicyclic) bond motifs is 1. The van der Waals surface area contributed by atoms with Crippen LogP contribution in [0.3, 0.4) is 0 Å². The Balaban J connectivity index is 1.62. The molecule has 1 aromatic carbocycles. The highest BCUT2D eigenvalue weighted by Crippen LogP contribution is 2.27. The Morgan fingerprint density at radius 3 is 2.96 bits per heavy atom. The molecule has 140 valence electrons. The molecule has 1 aliphatic rings. The minimum atomic E-state index is -0.0245. The number of amides is 2. The molecule has 3 heterocycles. The maximum absolute atomic E-state index is 13.0. The normalized spacial score (nSPS) is 15.0. The van der Waals surface area contributed by atoms with Crippen molar-refractivity contribution in [3.8, 4) is 17.0 Å². The van der Waals surface area contributed by atoms with Gasteiger partial charge in [0.2, 0.25) is 6.41 Å². The quantitative estimate of drug-likeness (QED) is 0.648. The third-order valence-electron chi connectivity index (χ3n) is 4.76. The SMILES string of the molecule is COc1cccc(-c2cn3c(C(=O)N4CCCN(C=O)CC4)csc3n2)c1. The van der Waals surface area contributed by atoms with Crippen LogP contribution in [0, 0.1) is 0 Å². The van der Waals surface area contributed by atoms with Crippen molar-refractivity contribution in [2.45, 2.75) is 6.42 Å². The van der Waals surface area contributed by atoms with Crippen molar-refractivity contribution in [3.63, 3.8) is 0 Å². The zero-order valence-corrected chi connectivity index (χ0v) is 15.8. The second-order valence-corrected chi connectivity index (χ2v) is 7.26. The molecule has 8 heteroatoms. The molecular weight excluding hydrogens is 364 g/mol. The van der Waals surface area contributed by atoms with E-state index in [0.29, 0.717) is 31.9 Å². The molecule has 0 N–H and O–H groups in total. The highest BCUT2D eigenvalue weighted by atomic mass is 32.1. The van der Waals surface area contributed by atoms with Gasteiger partial charge in [0.15, 0.2) is 4.96 Å². The third-order valence-corrected chi connectivity index (χ3v) is 5.60. The fourth-order valence-corrected chi connectivity index (χ4v) is 4.11. The fourth-order valence-electron chi connectivity index (χ4n) is 3.27. The number of hydrogen-bond donors (Lipinski definition) is 0. The monoisotopic (exact) mass is 384 g/mol. The number of imidazole rings is 1. The lowest BCUT2D eigenvalue weighted by Gasteiger charge is -2.19. The van der Waals surface area contributed by atoms with Crippen molar-refractivity contribution in [2.75, 3.05) is 33.3 Å². The minimum absolute atomic E-state index is 0.0245. The van der Waals surface area contributed by atoms with E-state index in [9.17, 15) is 9.59 Å². The van der Waals surface area contributed by atoms with E-state index < -0.39 is 0 Å². The number of rotatable bonds is 4. The lowest BCUT2D eigenvalue weighted by molar-refractivity contribution is -0.118. The largest absolute Gasteiger partial charge is 0.497 e. The first-order valence-corrected chi connectivity index (χ1v) is 9.67. The summed E-state index contributed by atoms with van der Waals surface area (Å²) in [6, 6.07) is 7.71. The Morgan fingerprint density at radius 1 is 1.26 bits per heavy atom. The number of aromatic nitrogens is 2. The van der Waals surface area contributed by atoms with Crippen molar-refractivity contribution in [3.05, 3.63) is 41.5 Å². The van der Waals surface area contributed by atoms with Gasteiger partial charge in [0, 0.05) is 43.3 Å². The maximum atomic E-state index is 13.0. The third kappa shape index (κ3) is 3.40. The first kappa shape index (κ1) is 17.5. The molecule has 1 saturated heterocycles. The van der Waals surface area contributed by atoms with E-state index in [2.05, 4.69) is 4.98 Å². The number of benzene rings is 1. The van der Waals surface area contributed by atoms with E-state index in [1.807, 2.05) is 45.1 Å². The smallest absolute Gasteiger partial charge is 0.271 e. The second-order valence-electron chi connectivity index (χ2n) is 6.42. The van der Waals surface area contributed by atoms with Crippen LogP contribution < -0.4 is 4.74 Å². The molecule has 2 aromatic heterocycles. The minimum Gasteiger partial charge on any atom is -0.497 e. The number of carbonyl (C=O) groups is 2. The molecule has 7 nitrogen and oxygen atoms in total. The summed E-state index contributed by atoms with van der Waals surface area (Å²) >= 11 is 1.45. The van der Waals surface area contributed by atoms with Crippen molar-refractivity contribution in [1.29, 1.82) is 0 Å². The van der Waals surface area contributed by atoms with Gasteiger partial charge in [-0.1, -0.05) is 12.1 Å². The van der Waals surface area contributed by atoms with Gasteiger partial charge in [-0.3, -0.25) is 14.0 Å². The number of methoxy groups -OCH3 is 1. The van der Waals surface area contributed by atoms with Gasteiger partial charge in [-0.25, -0.2) is 4.98 Å². The van der Waals surface area contributed by atoms with E-state index >= 15 is 0 Å². The zero-order valence-electron chi connectivity index (χ0n) is 15.0. The molecule has 0 atom stereocenters. The molecule has 0 radical (unpaired) electrons. The Morgan fingerprint density at radius 2 is 2.15 bits per heavy atom. The van der Waals surface area contributed by atoms with Crippen LogP contribution in [0.1, 0.15) is 16.9 Å². The van der Waals surface area contributed by atoms with Crippen molar-refractivity contribution >= 4 is 28.6 Å².